The van der Waals surface area contributed by atoms with Gasteiger partial charge in [-0.1, -0.05) is 18.6 Å². The molecular weight excluding hydrogens is 258 g/mol. The van der Waals surface area contributed by atoms with Crippen molar-refractivity contribution in [2.45, 2.75) is 65.7 Å². The van der Waals surface area contributed by atoms with E-state index in [1.807, 2.05) is 0 Å². The van der Waals surface area contributed by atoms with Gasteiger partial charge < -0.3 is 4.90 Å². The Morgan fingerprint density at radius 3 is 2.48 bits per heavy atom. The number of allylic oxidation sites excluding steroid dienone is 2. The third-order valence-electron chi connectivity index (χ3n) is 5.66. The van der Waals surface area contributed by atoms with Crippen molar-refractivity contribution in [3.8, 4) is 0 Å². The summed E-state index contributed by atoms with van der Waals surface area (Å²) in [4.78, 5) is 14.7. The summed E-state index contributed by atoms with van der Waals surface area (Å²) < 4.78 is 0. The fraction of sp³-hybridized carbons (Fsp3) is 0.842. The van der Waals surface area contributed by atoms with E-state index < -0.39 is 0 Å². The Kier molecular flexibility index (Phi) is 4.16. The summed E-state index contributed by atoms with van der Waals surface area (Å²) in [7, 11) is 0. The molecule has 2 heteroatoms. The van der Waals surface area contributed by atoms with Crippen molar-refractivity contribution in [2.75, 3.05) is 13.1 Å². The average Bonchev–Trinajstić information content (AvgIpc) is 3.27. The molecule has 2 nitrogen and oxygen atoms in total. The van der Waals surface area contributed by atoms with Crippen LogP contribution in [0.2, 0.25) is 0 Å². The molecule has 0 spiro atoms. The highest BCUT2D eigenvalue weighted by Crippen LogP contribution is 2.56. The van der Waals surface area contributed by atoms with Crippen molar-refractivity contribution in [3.63, 3.8) is 0 Å². The summed E-state index contributed by atoms with van der Waals surface area (Å²) in [6.45, 7) is 8.87. The van der Waals surface area contributed by atoms with E-state index in [2.05, 4.69) is 31.7 Å². The SMILES string of the molecule is CC(C)=CCCC1(C)CC1CN(CC1CC1)C(=O)C1CC1. The molecule has 2 unspecified atom stereocenters. The van der Waals surface area contributed by atoms with Crippen LogP contribution >= 0.6 is 0 Å². The highest BCUT2D eigenvalue weighted by Gasteiger charge is 2.50. The summed E-state index contributed by atoms with van der Waals surface area (Å²) in [5, 5.41) is 0. The Bertz CT molecular complexity index is 429. The van der Waals surface area contributed by atoms with Crippen LogP contribution in [0.5, 0.6) is 0 Å². The second-order valence-corrected chi connectivity index (χ2v) is 8.34. The van der Waals surface area contributed by atoms with Crippen molar-refractivity contribution in [2.24, 2.45) is 23.2 Å². The molecule has 0 aromatic rings. The number of hydrogen-bond acceptors (Lipinski definition) is 1. The van der Waals surface area contributed by atoms with E-state index in [0.29, 0.717) is 17.2 Å². The lowest BCUT2D eigenvalue weighted by Gasteiger charge is -2.24. The minimum absolute atomic E-state index is 0.388. The van der Waals surface area contributed by atoms with Crippen LogP contribution in [0.25, 0.3) is 0 Å². The van der Waals surface area contributed by atoms with E-state index in [-0.39, 0.29) is 0 Å². The summed E-state index contributed by atoms with van der Waals surface area (Å²) in [5.41, 5.74) is 1.92. The van der Waals surface area contributed by atoms with Gasteiger partial charge in [0.15, 0.2) is 0 Å². The predicted molar refractivity (Wildman–Crippen MR) is 86.9 cm³/mol. The van der Waals surface area contributed by atoms with Gasteiger partial charge in [0.05, 0.1) is 0 Å². The van der Waals surface area contributed by atoms with Crippen molar-refractivity contribution in [1.29, 1.82) is 0 Å². The number of hydrogen-bond donors (Lipinski definition) is 0. The third kappa shape index (κ3) is 4.11. The van der Waals surface area contributed by atoms with E-state index in [0.717, 1.165) is 37.8 Å². The van der Waals surface area contributed by atoms with Crippen LogP contribution in [-0.4, -0.2) is 23.9 Å². The van der Waals surface area contributed by atoms with Crippen LogP contribution in [0.4, 0.5) is 0 Å². The molecule has 2 atom stereocenters. The van der Waals surface area contributed by atoms with Gasteiger partial charge in [0.25, 0.3) is 0 Å². The molecule has 0 saturated heterocycles. The minimum Gasteiger partial charge on any atom is -0.342 e. The Balaban J connectivity index is 1.49. The molecule has 3 fully saturated rings. The number of carbonyl (C=O) groups excluding carboxylic acids is 1. The topological polar surface area (TPSA) is 20.3 Å². The van der Waals surface area contributed by atoms with Crippen LogP contribution in [0, 0.1) is 23.2 Å². The van der Waals surface area contributed by atoms with Gasteiger partial charge in [-0.25, -0.2) is 0 Å². The Morgan fingerprint density at radius 2 is 1.90 bits per heavy atom. The second kappa shape index (κ2) is 5.78. The lowest BCUT2D eigenvalue weighted by molar-refractivity contribution is -0.133. The van der Waals surface area contributed by atoms with E-state index in [4.69, 9.17) is 0 Å². The third-order valence-corrected chi connectivity index (χ3v) is 5.66. The highest BCUT2D eigenvalue weighted by atomic mass is 16.2. The van der Waals surface area contributed by atoms with Gasteiger partial charge in [0.2, 0.25) is 5.91 Å². The quantitative estimate of drug-likeness (QED) is 0.606. The van der Waals surface area contributed by atoms with Gasteiger partial charge in [0, 0.05) is 19.0 Å². The normalized spacial score (nSPS) is 30.9. The molecule has 3 saturated carbocycles. The zero-order valence-corrected chi connectivity index (χ0v) is 14.0. The molecule has 0 aliphatic heterocycles. The lowest BCUT2D eigenvalue weighted by Crippen LogP contribution is -2.36. The standard InChI is InChI=1S/C19H31NO/c1-14(2)5-4-10-19(3)11-17(19)13-20(12-15-6-7-15)18(21)16-8-9-16/h5,15-17H,4,6-13H2,1-3H3. The van der Waals surface area contributed by atoms with Gasteiger partial charge in [-0.15, -0.1) is 0 Å². The molecule has 3 rings (SSSR count). The second-order valence-electron chi connectivity index (χ2n) is 8.34. The zero-order chi connectivity index (χ0) is 15.0. The Labute approximate surface area is 130 Å². The van der Waals surface area contributed by atoms with Gasteiger partial charge >= 0.3 is 0 Å². The predicted octanol–water partition coefficient (Wildman–Crippen LogP) is 4.41. The van der Waals surface area contributed by atoms with E-state index in [9.17, 15) is 4.79 Å². The minimum atomic E-state index is 0.388. The molecule has 1 amide bonds. The molecule has 0 aromatic carbocycles. The van der Waals surface area contributed by atoms with Crippen LogP contribution in [0.3, 0.4) is 0 Å². The molecule has 0 radical (unpaired) electrons. The summed E-state index contributed by atoms with van der Waals surface area (Å²) in [6.07, 6.45) is 11.1. The maximum absolute atomic E-state index is 12.5. The number of amides is 1. The smallest absolute Gasteiger partial charge is 0.225 e. The summed E-state index contributed by atoms with van der Waals surface area (Å²) in [5.74, 6) is 2.44. The van der Waals surface area contributed by atoms with Crippen molar-refractivity contribution >= 4 is 5.91 Å². The number of nitrogens with zero attached hydrogens (tertiary/aromatic N) is 1. The largest absolute Gasteiger partial charge is 0.342 e. The monoisotopic (exact) mass is 289 g/mol. The average molecular weight is 289 g/mol. The van der Waals surface area contributed by atoms with Crippen LogP contribution in [0.15, 0.2) is 11.6 Å². The molecule has 3 aliphatic carbocycles. The van der Waals surface area contributed by atoms with E-state index in [1.54, 1.807) is 0 Å². The number of carbonyl (C=O) groups is 1. The maximum Gasteiger partial charge on any atom is 0.225 e. The molecule has 0 aromatic heterocycles. The number of rotatable bonds is 8. The van der Waals surface area contributed by atoms with E-state index in [1.165, 1.54) is 37.7 Å². The van der Waals surface area contributed by atoms with Crippen molar-refractivity contribution in [1.82, 2.24) is 4.90 Å². The molecule has 118 valence electrons. The summed E-state index contributed by atoms with van der Waals surface area (Å²) >= 11 is 0. The Morgan fingerprint density at radius 1 is 1.19 bits per heavy atom. The van der Waals surface area contributed by atoms with Crippen molar-refractivity contribution in [3.05, 3.63) is 11.6 Å². The lowest BCUT2D eigenvalue weighted by atomic mass is 9.98. The first-order valence-corrected chi connectivity index (χ1v) is 8.90. The molecular formula is C19H31NO. The van der Waals surface area contributed by atoms with Crippen LogP contribution < -0.4 is 0 Å². The first-order chi connectivity index (χ1) is 9.98. The maximum atomic E-state index is 12.5. The fourth-order valence-electron chi connectivity index (χ4n) is 3.51. The first-order valence-electron chi connectivity index (χ1n) is 8.90. The molecule has 0 bridgehead atoms. The van der Waals surface area contributed by atoms with E-state index >= 15 is 0 Å². The van der Waals surface area contributed by atoms with Crippen LogP contribution in [-0.2, 0) is 4.79 Å². The fourth-order valence-corrected chi connectivity index (χ4v) is 3.51. The van der Waals surface area contributed by atoms with Gasteiger partial charge in [-0.05, 0) is 76.0 Å². The highest BCUT2D eigenvalue weighted by molar-refractivity contribution is 5.81. The van der Waals surface area contributed by atoms with Gasteiger partial charge in [-0.3, -0.25) is 4.79 Å². The molecule has 3 aliphatic rings. The van der Waals surface area contributed by atoms with Gasteiger partial charge in [-0.2, -0.15) is 0 Å². The van der Waals surface area contributed by atoms with Gasteiger partial charge in [0.1, 0.15) is 0 Å². The first kappa shape index (κ1) is 15.1. The van der Waals surface area contributed by atoms with Crippen LogP contribution in [0.1, 0.15) is 65.7 Å². The van der Waals surface area contributed by atoms with Crippen molar-refractivity contribution < 1.29 is 4.79 Å². The molecule has 0 N–H and O–H groups in total. The summed E-state index contributed by atoms with van der Waals surface area (Å²) in [6, 6.07) is 0. The molecule has 21 heavy (non-hydrogen) atoms. The Hall–Kier alpha value is -0.790. The molecule has 0 heterocycles. The zero-order valence-electron chi connectivity index (χ0n) is 14.0.